The molecule has 10 heteroatoms. The lowest BCUT2D eigenvalue weighted by atomic mass is 10.2. The Morgan fingerprint density at radius 1 is 1.25 bits per heavy atom. The Morgan fingerprint density at radius 3 is 2.72 bits per heavy atom. The summed E-state index contributed by atoms with van der Waals surface area (Å²) in [5.74, 6) is -0.276. The minimum absolute atomic E-state index is 0.0581. The largest absolute Gasteiger partial charge is 0.550 e. The van der Waals surface area contributed by atoms with Gasteiger partial charge in [0, 0.05) is 17.6 Å². The first-order valence-corrected chi connectivity index (χ1v) is 10.7. The molecule has 2 aromatic rings. The van der Waals surface area contributed by atoms with Crippen LogP contribution in [0.4, 0.5) is 0 Å². The first kappa shape index (κ1) is 23.1. The molecule has 2 aromatic carbocycles. The monoisotopic (exact) mass is 456 g/mol. The van der Waals surface area contributed by atoms with Crippen molar-refractivity contribution in [3.63, 3.8) is 0 Å². The van der Waals surface area contributed by atoms with Crippen molar-refractivity contribution in [2.24, 2.45) is 10.1 Å². The number of carbonyl (C=O) groups is 2. The van der Waals surface area contributed by atoms with E-state index in [2.05, 4.69) is 15.5 Å². The molecule has 1 aliphatic heterocycles. The number of carbonyl (C=O) groups excluding carboxylic acids is 2. The number of thioether (sulfide) groups is 1. The van der Waals surface area contributed by atoms with Crippen LogP contribution in [0.25, 0.3) is 0 Å². The van der Waals surface area contributed by atoms with Gasteiger partial charge in [-0.05, 0) is 55.0 Å². The van der Waals surface area contributed by atoms with E-state index in [1.54, 1.807) is 55.8 Å². The molecule has 1 N–H and O–H groups in total. The van der Waals surface area contributed by atoms with E-state index >= 15 is 0 Å². The Labute approximate surface area is 189 Å². The van der Waals surface area contributed by atoms with Gasteiger partial charge in [0.1, 0.15) is 5.75 Å². The summed E-state index contributed by atoms with van der Waals surface area (Å²) in [5.41, 5.74) is 3.89. The fraction of sp³-hybridized carbons (Fsp3) is 0.273. The molecule has 0 aromatic heterocycles. The molecule has 32 heavy (non-hydrogen) atoms. The quantitative estimate of drug-likeness (QED) is 0.263. The van der Waals surface area contributed by atoms with E-state index in [0.29, 0.717) is 46.7 Å². The second kappa shape index (κ2) is 11.2. The highest BCUT2D eigenvalue weighted by atomic mass is 32.2. The van der Waals surface area contributed by atoms with E-state index in [4.69, 9.17) is 14.2 Å². The van der Waals surface area contributed by atoms with E-state index in [-0.39, 0.29) is 11.7 Å². The molecule has 1 atom stereocenters. The fourth-order valence-corrected chi connectivity index (χ4v) is 3.72. The number of aliphatic imine (C=N–C) groups is 1. The van der Waals surface area contributed by atoms with Crippen LogP contribution < -0.4 is 24.7 Å². The van der Waals surface area contributed by atoms with Crippen LogP contribution in [0.3, 0.4) is 0 Å². The topological polar surface area (TPSA) is 122 Å². The number of rotatable bonds is 9. The second-order valence-electron chi connectivity index (χ2n) is 6.59. The van der Waals surface area contributed by atoms with Gasteiger partial charge in [0.05, 0.1) is 32.0 Å². The number of aliphatic carboxylic acids is 1. The lowest BCUT2D eigenvalue weighted by Crippen LogP contribution is -2.26. The minimum Gasteiger partial charge on any atom is -0.550 e. The van der Waals surface area contributed by atoms with Crippen molar-refractivity contribution >= 4 is 35.1 Å². The molecule has 1 heterocycles. The molecule has 0 radical (unpaired) electrons. The van der Waals surface area contributed by atoms with Crippen molar-refractivity contribution in [1.82, 2.24) is 5.43 Å². The predicted molar refractivity (Wildman–Crippen MR) is 120 cm³/mol. The average molecular weight is 457 g/mol. The van der Waals surface area contributed by atoms with Crippen LogP contribution in [0, 0.1) is 0 Å². The number of benzene rings is 2. The van der Waals surface area contributed by atoms with Gasteiger partial charge < -0.3 is 24.1 Å². The summed E-state index contributed by atoms with van der Waals surface area (Å²) in [6.45, 7) is 2.62. The van der Waals surface area contributed by atoms with Gasteiger partial charge in [-0.3, -0.25) is 10.4 Å². The van der Waals surface area contributed by atoms with E-state index < -0.39 is 11.9 Å². The molecule has 1 unspecified atom stereocenters. The standard InChI is InChI=1S/C22H23N3O6S/c1-3-30-19-10-14(12-24-25-22-23-13-17(32-22)11-20(26)27)4-9-18(19)31-21(28)15-5-7-16(29-2)8-6-15/h4-10,12,17H,3,11,13H2,1-2H3,(H,23,25)(H,26,27)/p-1/b24-12+. The van der Waals surface area contributed by atoms with E-state index in [9.17, 15) is 14.7 Å². The zero-order valence-corrected chi connectivity index (χ0v) is 18.4. The third-order valence-electron chi connectivity index (χ3n) is 4.28. The highest BCUT2D eigenvalue weighted by Crippen LogP contribution is 2.29. The van der Waals surface area contributed by atoms with Crippen molar-refractivity contribution in [2.75, 3.05) is 20.3 Å². The molecule has 1 aliphatic rings. The first-order valence-electron chi connectivity index (χ1n) is 9.81. The zero-order valence-electron chi connectivity index (χ0n) is 17.6. The van der Waals surface area contributed by atoms with E-state index in [0.717, 1.165) is 0 Å². The number of nitrogens with one attached hydrogen (secondary N) is 1. The number of nitrogens with zero attached hydrogens (tertiary/aromatic N) is 2. The Morgan fingerprint density at radius 2 is 2.03 bits per heavy atom. The maximum absolute atomic E-state index is 12.5. The summed E-state index contributed by atoms with van der Waals surface area (Å²) < 4.78 is 16.2. The highest BCUT2D eigenvalue weighted by molar-refractivity contribution is 8.14. The lowest BCUT2D eigenvalue weighted by molar-refractivity contribution is -0.305. The molecule has 3 rings (SSSR count). The van der Waals surface area contributed by atoms with Crippen LogP contribution >= 0.6 is 11.8 Å². The Hall–Kier alpha value is -3.53. The van der Waals surface area contributed by atoms with Crippen molar-refractivity contribution in [3.05, 3.63) is 53.6 Å². The van der Waals surface area contributed by atoms with E-state index in [1.165, 1.54) is 11.8 Å². The molecule has 0 spiro atoms. The molecule has 0 bridgehead atoms. The van der Waals surface area contributed by atoms with Gasteiger partial charge in [-0.15, -0.1) is 0 Å². The first-order chi connectivity index (χ1) is 15.5. The minimum atomic E-state index is -1.10. The van der Waals surface area contributed by atoms with E-state index in [1.807, 2.05) is 6.92 Å². The second-order valence-corrected chi connectivity index (χ2v) is 7.88. The third kappa shape index (κ3) is 6.48. The van der Waals surface area contributed by atoms with Gasteiger partial charge in [0.25, 0.3) is 0 Å². The average Bonchev–Trinajstić information content (AvgIpc) is 3.22. The maximum atomic E-state index is 12.5. The predicted octanol–water partition coefficient (Wildman–Crippen LogP) is 1.85. The molecule has 9 nitrogen and oxygen atoms in total. The van der Waals surface area contributed by atoms with Crippen LogP contribution in [0.15, 0.2) is 52.6 Å². The van der Waals surface area contributed by atoms with Crippen LogP contribution in [0.5, 0.6) is 17.2 Å². The van der Waals surface area contributed by atoms with Crippen molar-refractivity contribution < 1.29 is 28.9 Å². The van der Waals surface area contributed by atoms with Gasteiger partial charge in [0.2, 0.25) is 0 Å². The SMILES string of the molecule is CCOc1cc(/C=N/NC2=NCC(CC(=O)[O-])S2)ccc1OC(=O)c1ccc(OC)cc1. The van der Waals surface area contributed by atoms with Crippen molar-refractivity contribution in [1.29, 1.82) is 0 Å². The molecule has 0 saturated carbocycles. The summed E-state index contributed by atoms with van der Waals surface area (Å²) in [5, 5.41) is 15.2. The summed E-state index contributed by atoms with van der Waals surface area (Å²) in [6, 6.07) is 11.7. The smallest absolute Gasteiger partial charge is 0.343 e. The van der Waals surface area contributed by atoms with Gasteiger partial charge in [-0.1, -0.05) is 11.8 Å². The van der Waals surface area contributed by atoms with Crippen molar-refractivity contribution in [2.45, 2.75) is 18.6 Å². The summed E-state index contributed by atoms with van der Waals surface area (Å²) in [7, 11) is 1.55. The molecular formula is C22H22N3O6S-. The normalized spacial score (nSPS) is 15.3. The highest BCUT2D eigenvalue weighted by Gasteiger charge is 2.19. The summed E-state index contributed by atoms with van der Waals surface area (Å²) in [4.78, 5) is 27.3. The molecule has 168 valence electrons. The number of ether oxygens (including phenoxy) is 3. The van der Waals surface area contributed by atoms with Gasteiger partial charge >= 0.3 is 5.97 Å². The number of amidine groups is 1. The number of hydrogen-bond acceptors (Lipinski definition) is 10. The Bertz CT molecular complexity index is 1020. The summed E-state index contributed by atoms with van der Waals surface area (Å²) in [6.07, 6.45) is 1.50. The van der Waals surface area contributed by atoms with Crippen LogP contribution in [0.1, 0.15) is 29.3 Å². The molecule has 0 aliphatic carbocycles. The molecule has 0 fully saturated rings. The van der Waals surface area contributed by atoms with Crippen molar-refractivity contribution in [3.8, 4) is 17.2 Å². The zero-order chi connectivity index (χ0) is 22.9. The number of hydrazone groups is 1. The third-order valence-corrected chi connectivity index (χ3v) is 5.37. The van der Waals surface area contributed by atoms with Gasteiger partial charge in [-0.2, -0.15) is 5.10 Å². The Kier molecular flexibility index (Phi) is 8.09. The molecule has 0 saturated heterocycles. The number of carboxylic acids is 1. The summed E-state index contributed by atoms with van der Waals surface area (Å²) >= 11 is 1.31. The number of carboxylic acid groups (broad SMARTS) is 1. The number of hydrogen-bond donors (Lipinski definition) is 1. The van der Waals surface area contributed by atoms with Gasteiger partial charge in [-0.25, -0.2) is 4.79 Å². The fourth-order valence-electron chi connectivity index (χ4n) is 2.78. The lowest BCUT2D eigenvalue weighted by Gasteiger charge is -2.11. The number of esters is 1. The molecular weight excluding hydrogens is 434 g/mol. The maximum Gasteiger partial charge on any atom is 0.343 e. The number of methoxy groups -OCH3 is 1. The van der Waals surface area contributed by atoms with Crippen LogP contribution in [-0.4, -0.2) is 48.8 Å². The molecule has 0 amide bonds. The van der Waals surface area contributed by atoms with Crippen LogP contribution in [-0.2, 0) is 4.79 Å². The van der Waals surface area contributed by atoms with Crippen LogP contribution in [0.2, 0.25) is 0 Å². The van der Waals surface area contributed by atoms with Gasteiger partial charge in [0.15, 0.2) is 16.7 Å². The Balaban J connectivity index is 1.63.